The van der Waals surface area contributed by atoms with E-state index in [1.54, 1.807) is 4.90 Å². The highest BCUT2D eigenvalue weighted by molar-refractivity contribution is 7.22. The molecule has 0 saturated heterocycles. The smallest absolute Gasteiger partial charge is 0.264 e. The zero-order valence-electron chi connectivity index (χ0n) is 18.7. The van der Waals surface area contributed by atoms with Gasteiger partial charge in [-0.25, -0.2) is 4.98 Å². The Hall–Kier alpha value is -2.67. The normalized spacial score (nSPS) is 11.4. The van der Waals surface area contributed by atoms with Gasteiger partial charge in [-0.05, 0) is 62.5 Å². The van der Waals surface area contributed by atoms with E-state index >= 15 is 0 Å². The number of nitrogens with zero attached hydrogens (tertiary/aromatic N) is 3. The SMILES string of the molecule is CCOc1ccc2ccccc2c1C(=O)N(CCN(C)C)c1nc2c(C)c(Cl)ccc2s1. The number of hydrogen-bond donors (Lipinski definition) is 0. The summed E-state index contributed by atoms with van der Waals surface area (Å²) in [6.45, 7) is 5.57. The molecule has 0 aliphatic heterocycles. The van der Waals surface area contributed by atoms with Crippen LogP contribution in [-0.2, 0) is 0 Å². The number of rotatable bonds is 7. The van der Waals surface area contributed by atoms with Crippen LogP contribution in [0.15, 0.2) is 48.5 Å². The molecule has 1 aromatic heterocycles. The summed E-state index contributed by atoms with van der Waals surface area (Å²) < 4.78 is 6.89. The Kier molecular flexibility index (Phi) is 6.65. The summed E-state index contributed by atoms with van der Waals surface area (Å²) in [5.41, 5.74) is 2.33. The Bertz CT molecular complexity index is 1290. The first-order valence-electron chi connectivity index (χ1n) is 10.6. The fourth-order valence-corrected chi connectivity index (χ4v) is 4.87. The largest absolute Gasteiger partial charge is 0.493 e. The predicted molar refractivity (Wildman–Crippen MR) is 135 cm³/mol. The van der Waals surface area contributed by atoms with Gasteiger partial charge in [0.15, 0.2) is 5.13 Å². The van der Waals surface area contributed by atoms with Gasteiger partial charge in [-0.15, -0.1) is 0 Å². The molecule has 32 heavy (non-hydrogen) atoms. The molecule has 0 atom stereocenters. The minimum atomic E-state index is -0.116. The Labute approximate surface area is 197 Å². The summed E-state index contributed by atoms with van der Waals surface area (Å²) in [7, 11) is 3.99. The highest BCUT2D eigenvalue weighted by Crippen LogP contribution is 2.36. The third-order valence-electron chi connectivity index (χ3n) is 5.39. The van der Waals surface area contributed by atoms with Crippen molar-refractivity contribution in [2.45, 2.75) is 13.8 Å². The standard InChI is InChI=1S/C25H26ClN3O2S/c1-5-31-20-12-10-17-8-6-7-9-18(17)22(20)24(30)29(15-14-28(3)4)25-27-23-16(2)19(26)11-13-21(23)32-25/h6-13H,5,14-15H2,1-4H3. The molecule has 4 aromatic rings. The van der Waals surface area contributed by atoms with E-state index in [1.165, 1.54) is 11.3 Å². The van der Waals surface area contributed by atoms with Crippen LogP contribution in [0.2, 0.25) is 5.02 Å². The van der Waals surface area contributed by atoms with Crippen LogP contribution in [0, 0.1) is 6.92 Å². The van der Waals surface area contributed by atoms with Crippen molar-refractivity contribution in [1.29, 1.82) is 0 Å². The van der Waals surface area contributed by atoms with Crippen molar-refractivity contribution >= 4 is 55.0 Å². The maximum absolute atomic E-state index is 14.1. The summed E-state index contributed by atoms with van der Waals surface area (Å²) in [5.74, 6) is 0.473. The molecule has 0 radical (unpaired) electrons. The third kappa shape index (κ3) is 4.31. The number of likely N-dealkylation sites (N-methyl/N-ethyl adjacent to an activating group) is 1. The lowest BCUT2D eigenvalue weighted by Gasteiger charge is -2.24. The van der Waals surface area contributed by atoms with Crippen molar-refractivity contribution in [3.8, 4) is 5.75 Å². The second-order valence-corrected chi connectivity index (χ2v) is 9.28. The number of fused-ring (bicyclic) bond motifs is 2. The Balaban J connectivity index is 1.87. The van der Waals surface area contributed by atoms with Gasteiger partial charge < -0.3 is 9.64 Å². The molecule has 166 valence electrons. The maximum Gasteiger partial charge on any atom is 0.264 e. The number of anilines is 1. The van der Waals surface area contributed by atoms with Gasteiger partial charge in [-0.1, -0.05) is 53.3 Å². The zero-order chi connectivity index (χ0) is 22.8. The third-order valence-corrected chi connectivity index (χ3v) is 6.84. The van der Waals surface area contributed by atoms with E-state index < -0.39 is 0 Å². The van der Waals surface area contributed by atoms with Gasteiger partial charge in [-0.2, -0.15) is 0 Å². The quantitative estimate of drug-likeness (QED) is 0.333. The average Bonchev–Trinajstić information content (AvgIpc) is 3.21. The maximum atomic E-state index is 14.1. The van der Waals surface area contributed by atoms with Gasteiger partial charge in [0.05, 0.1) is 22.4 Å². The summed E-state index contributed by atoms with van der Waals surface area (Å²) in [5, 5.41) is 3.21. The summed E-state index contributed by atoms with van der Waals surface area (Å²) >= 11 is 7.82. The van der Waals surface area contributed by atoms with Crippen LogP contribution in [0.1, 0.15) is 22.8 Å². The number of benzene rings is 3. The molecule has 0 spiro atoms. The van der Waals surface area contributed by atoms with Crippen LogP contribution in [-0.4, -0.2) is 49.6 Å². The molecule has 5 nitrogen and oxygen atoms in total. The lowest BCUT2D eigenvalue weighted by Crippen LogP contribution is -2.37. The van der Waals surface area contributed by atoms with Crippen LogP contribution in [0.25, 0.3) is 21.0 Å². The molecule has 0 N–H and O–H groups in total. The number of amides is 1. The second-order valence-electron chi connectivity index (χ2n) is 7.87. The van der Waals surface area contributed by atoms with Crippen molar-refractivity contribution in [2.24, 2.45) is 0 Å². The molecule has 0 aliphatic rings. The first-order valence-corrected chi connectivity index (χ1v) is 11.8. The van der Waals surface area contributed by atoms with E-state index in [0.717, 1.165) is 26.6 Å². The first-order chi connectivity index (χ1) is 15.4. The van der Waals surface area contributed by atoms with Crippen molar-refractivity contribution < 1.29 is 9.53 Å². The van der Waals surface area contributed by atoms with Gasteiger partial charge in [0, 0.05) is 18.1 Å². The number of carbonyl (C=O) groups excluding carboxylic acids is 1. The summed E-state index contributed by atoms with van der Waals surface area (Å²) in [6, 6.07) is 15.6. The lowest BCUT2D eigenvalue weighted by atomic mass is 10.0. The van der Waals surface area contributed by atoms with E-state index in [1.807, 2.05) is 76.5 Å². The molecular formula is C25H26ClN3O2S. The number of hydrogen-bond acceptors (Lipinski definition) is 5. The first kappa shape index (κ1) is 22.5. The van der Waals surface area contributed by atoms with Crippen molar-refractivity contribution in [3.05, 3.63) is 64.7 Å². The number of carbonyl (C=O) groups is 1. The molecular weight excluding hydrogens is 442 g/mol. The van der Waals surface area contributed by atoms with Crippen molar-refractivity contribution in [1.82, 2.24) is 9.88 Å². The predicted octanol–water partition coefficient (Wildman–Crippen LogP) is 6.02. The Morgan fingerprint density at radius 2 is 1.88 bits per heavy atom. The zero-order valence-corrected chi connectivity index (χ0v) is 20.3. The molecule has 0 unspecified atom stereocenters. The molecule has 0 saturated carbocycles. The minimum Gasteiger partial charge on any atom is -0.493 e. The highest BCUT2D eigenvalue weighted by Gasteiger charge is 2.26. The Morgan fingerprint density at radius 1 is 1.09 bits per heavy atom. The van der Waals surface area contributed by atoms with Gasteiger partial charge in [0.25, 0.3) is 5.91 Å². The molecule has 0 fully saturated rings. The van der Waals surface area contributed by atoms with Crippen LogP contribution in [0.5, 0.6) is 5.75 Å². The monoisotopic (exact) mass is 467 g/mol. The molecule has 0 bridgehead atoms. The molecule has 3 aromatic carbocycles. The number of aromatic nitrogens is 1. The van der Waals surface area contributed by atoms with E-state index in [4.69, 9.17) is 21.3 Å². The van der Waals surface area contributed by atoms with E-state index in [2.05, 4.69) is 4.90 Å². The van der Waals surface area contributed by atoms with Gasteiger partial charge in [0.2, 0.25) is 0 Å². The van der Waals surface area contributed by atoms with Crippen LogP contribution >= 0.6 is 22.9 Å². The highest BCUT2D eigenvalue weighted by atomic mass is 35.5. The van der Waals surface area contributed by atoms with Crippen LogP contribution in [0.3, 0.4) is 0 Å². The fraction of sp³-hybridized carbons (Fsp3) is 0.280. The van der Waals surface area contributed by atoms with E-state index in [0.29, 0.717) is 41.2 Å². The topological polar surface area (TPSA) is 45.7 Å². The van der Waals surface area contributed by atoms with Crippen molar-refractivity contribution in [3.63, 3.8) is 0 Å². The minimum absolute atomic E-state index is 0.116. The number of aryl methyl sites for hydroxylation is 1. The second kappa shape index (κ2) is 9.45. The fourth-order valence-electron chi connectivity index (χ4n) is 3.67. The summed E-state index contributed by atoms with van der Waals surface area (Å²) in [4.78, 5) is 22.7. The van der Waals surface area contributed by atoms with Crippen LogP contribution in [0.4, 0.5) is 5.13 Å². The van der Waals surface area contributed by atoms with Gasteiger partial charge >= 0.3 is 0 Å². The molecule has 1 heterocycles. The number of halogens is 1. The number of thiazole rings is 1. The summed E-state index contributed by atoms with van der Waals surface area (Å²) in [6.07, 6.45) is 0. The Morgan fingerprint density at radius 3 is 2.62 bits per heavy atom. The van der Waals surface area contributed by atoms with E-state index in [-0.39, 0.29) is 5.91 Å². The van der Waals surface area contributed by atoms with Crippen LogP contribution < -0.4 is 9.64 Å². The number of ether oxygens (including phenoxy) is 1. The van der Waals surface area contributed by atoms with Gasteiger partial charge in [-0.3, -0.25) is 9.69 Å². The molecule has 4 rings (SSSR count). The molecule has 7 heteroatoms. The molecule has 0 aliphatic carbocycles. The van der Waals surface area contributed by atoms with Crippen molar-refractivity contribution in [2.75, 3.05) is 38.7 Å². The average molecular weight is 468 g/mol. The van der Waals surface area contributed by atoms with Gasteiger partial charge in [0.1, 0.15) is 5.75 Å². The lowest BCUT2D eigenvalue weighted by molar-refractivity contribution is 0.0983. The molecule has 1 amide bonds. The van der Waals surface area contributed by atoms with E-state index in [9.17, 15) is 4.79 Å².